The van der Waals surface area contributed by atoms with Crippen LogP contribution < -0.4 is 11.1 Å². The molecule has 0 saturated heterocycles. The van der Waals surface area contributed by atoms with Crippen LogP contribution in [0.1, 0.15) is 5.56 Å². The van der Waals surface area contributed by atoms with Gasteiger partial charge < -0.3 is 11.1 Å². The fourth-order valence-corrected chi connectivity index (χ4v) is 1.91. The van der Waals surface area contributed by atoms with Gasteiger partial charge >= 0.3 is 0 Å². The second-order valence-corrected chi connectivity index (χ2v) is 4.85. The average molecular weight is 324 g/mol. The molecule has 0 unspecified atom stereocenters. The summed E-state index contributed by atoms with van der Waals surface area (Å²) < 4.78 is 0.878. The SMILES string of the molecule is N#Cc1cc(N)cnc1Nc1cc(Br)ccc1Cl. The fraction of sp³-hybridized carbons (Fsp3) is 0. The van der Waals surface area contributed by atoms with Gasteiger partial charge in [-0.1, -0.05) is 27.5 Å². The van der Waals surface area contributed by atoms with Gasteiger partial charge in [-0.05, 0) is 24.3 Å². The summed E-state index contributed by atoms with van der Waals surface area (Å²) >= 11 is 9.41. The maximum absolute atomic E-state index is 9.02. The lowest BCUT2D eigenvalue weighted by Crippen LogP contribution is -1.99. The number of nitriles is 1. The minimum atomic E-state index is 0.367. The Bertz CT molecular complexity index is 636. The van der Waals surface area contributed by atoms with Crippen molar-refractivity contribution in [3.63, 3.8) is 0 Å². The molecule has 0 spiro atoms. The number of hydrogen-bond acceptors (Lipinski definition) is 4. The van der Waals surface area contributed by atoms with Gasteiger partial charge in [-0.3, -0.25) is 0 Å². The van der Waals surface area contributed by atoms with Crippen LogP contribution in [0.5, 0.6) is 0 Å². The first-order chi connectivity index (χ1) is 8.60. The molecule has 0 saturated carbocycles. The Morgan fingerprint density at radius 3 is 2.89 bits per heavy atom. The van der Waals surface area contributed by atoms with Gasteiger partial charge in [0, 0.05) is 4.47 Å². The van der Waals surface area contributed by atoms with E-state index in [1.165, 1.54) is 6.20 Å². The van der Waals surface area contributed by atoms with Crippen molar-refractivity contribution in [2.24, 2.45) is 0 Å². The first-order valence-corrected chi connectivity index (χ1v) is 6.15. The zero-order chi connectivity index (χ0) is 13.1. The third-order valence-electron chi connectivity index (χ3n) is 2.21. The van der Waals surface area contributed by atoms with E-state index in [2.05, 4.69) is 26.2 Å². The van der Waals surface area contributed by atoms with Crippen LogP contribution in [0.3, 0.4) is 0 Å². The van der Waals surface area contributed by atoms with Crippen molar-refractivity contribution in [2.45, 2.75) is 0 Å². The highest BCUT2D eigenvalue weighted by Gasteiger charge is 2.07. The van der Waals surface area contributed by atoms with Crippen LogP contribution in [0.25, 0.3) is 0 Å². The summed E-state index contributed by atoms with van der Waals surface area (Å²) in [5.41, 5.74) is 7.05. The second kappa shape index (κ2) is 5.25. The van der Waals surface area contributed by atoms with Gasteiger partial charge in [0.2, 0.25) is 0 Å². The highest BCUT2D eigenvalue weighted by atomic mass is 79.9. The molecule has 1 heterocycles. The zero-order valence-electron chi connectivity index (χ0n) is 9.11. The number of nitrogen functional groups attached to an aromatic ring is 1. The standard InChI is InChI=1S/C12H8BrClN4/c13-8-1-2-10(14)11(4-8)18-12-7(5-15)3-9(16)6-17-12/h1-4,6H,16H2,(H,17,18). The van der Waals surface area contributed by atoms with Crippen LogP contribution in [0.2, 0.25) is 5.02 Å². The second-order valence-electron chi connectivity index (χ2n) is 3.53. The van der Waals surface area contributed by atoms with E-state index < -0.39 is 0 Å². The Hall–Kier alpha value is -1.77. The normalized spacial score (nSPS) is 9.83. The molecule has 1 aromatic heterocycles. The van der Waals surface area contributed by atoms with Crippen LogP contribution in [0.15, 0.2) is 34.9 Å². The van der Waals surface area contributed by atoms with Crippen molar-refractivity contribution < 1.29 is 0 Å². The quantitative estimate of drug-likeness (QED) is 0.883. The van der Waals surface area contributed by atoms with Gasteiger partial charge in [0.05, 0.1) is 28.2 Å². The van der Waals surface area contributed by atoms with Gasteiger partial charge in [0.25, 0.3) is 0 Å². The fourth-order valence-electron chi connectivity index (χ4n) is 1.39. The molecule has 90 valence electrons. The van der Waals surface area contributed by atoms with Gasteiger partial charge in [0.15, 0.2) is 0 Å². The highest BCUT2D eigenvalue weighted by Crippen LogP contribution is 2.29. The lowest BCUT2D eigenvalue weighted by Gasteiger charge is -2.09. The number of pyridine rings is 1. The molecule has 3 N–H and O–H groups in total. The van der Waals surface area contributed by atoms with E-state index in [0.717, 1.165) is 4.47 Å². The molecule has 0 amide bonds. The number of nitrogens with zero attached hydrogens (tertiary/aromatic N) is 2. The maximum atomic E-state index is 9.02. The van der Waals surface area contributed by atoms with Crippen LogP contribution in [-0.4, -0.2) is 4.98 Å². The van der Waals surface area contributed by atoms with Crippen LogP contribution in [0.4, 0.5) is 17.2 Å². The minimum Gasteiger partial charge on any atom is -0.397 e. The first kappa shape index (κ1) is 12.7. The number of nitrogens with one attached hydrogen (secondary N) is 1. The molecule has 0 aliphatic heterocycles. The van der Waals surface area contributed by atoms with E-state index in [9.17, 15) is 0 Å². The zero-order valence-corrected chi connectivity index (χ0v) is 11.5. The summed E-state index contributed by atoms with van der Waals surface area (Å²) in [4.78, 5) is 4.08. The molecule has 1 aromatic carbocycles. The molecule has 18 heavy (non-hydrogen) atoms. The van der Waals surface area contributed by atoms with Crippen LogP contribution in [0, 0.1) is 11.3 Å². The number of nitrogens with two attached hydrogens (primary N) is 1. The van der Waals surface area contributed by atoms with E-state index in [0.29, 0.717) is 27.8 Å². The molecule has 2 aromatic rings. The summed E-state index contributed by atoms with van der Waals surface area (Å²) in [6.07, 6.45) is 1.48. The predicted octanol–water partition coefficient (Wildman–Crippen LogP) is 3.69. The van der Waals surface area contributed by atoms with Crippen molar-refractivity contribution in [3.8, 4) is 6.07 Å². The highest BCUT2D eigenvalue weighted by molar-refractivity contribution is 9.10. The summed E-state index contributed by atoms with van der Waals surface area (Å²) in [5.74, 6) is 0.423. The topological polar surface area (TPSA) is 74.7 Å². The molecule has 6 heteroatoms. The molecule has 0 bridgehead atoms. The van der Waals surface area contributed by atoms with Crippen molar-refractivity contribution in [1.82, 2.24) is 4.98 Å². The van der Waals surface area contributed by atoms with E-state index in [4.69, 9.17) is 22.6 Å². The molecule has 0 atom stereocenters. The minimum absolute atomic E-state index is 0.367. The molecular weight excluding hydrogens is 316 g/mol. The smallest absolute Gasteiger partial charge is 0.148 e. The van der Waals surface area contributed by atoms with Crippen LogP contribution >= 0.6 is 27.5 Å². The van der Waals surface area contributed by atoms with Crippen LogP contribution in [-0.2, 0) is 0 Å². The largest absolute Gasteiger partial charge is 0.397 e. The van der Waals surface area contributed by atoms with Crippen molar-refractivity contribution in [2.75, 3.05) is 11.1 Å². The number of anilines is 3. The molecule has 0 aliphatic rings. The summed E-state index contributed by atoms with van der Waals surface area (Å²) in [6, 6.07) is 8.97. The Labute approximate surface area is 118 Å². The summed E-state index contributed by atoms with van der Waals surface area (Å²) in [5, 5.41) is 12.6. The molecule has 0 fully saturated rings. The Morgan fingerprint density at radius 1 is 1.39 bits per heavy atom. The third-order valence-corrected chi connectivity index (χ3v) is 3.03. The number of aromatic nitrogens is 1. The van der Waals surface area contributed by atoms with Gasteiger partial charge in [0.1, 0.15) is 11.9 Å². The molecule has 0 aliphatic carbocycles. The monoisotopic (exact) mass is 322 g/mol. The summed E-state index contributed by atoms with van der Waals surface area (Å²) in [7, 11) is 0. The molecule has 0 radical (unpaired) electrons. The third kappa shape index (κ3) is 2.73. The van der Waals surface area contributed by atoms with E-state index in [-0.39, 0.29) is 0 Å². The predicted molar refractivity (Wildman–Crippen MR) is 75.8 cm³/mol. The van der Waals surface area contributed by atoms with Crippen molar-refractivity contribution >= 4 is 44.7 Å². The first-order valence-electron chi connectivity index (χ1n) is 4.98. The maximum Gasteiger partial charge on any atom is 0.148 e. The van der Waals surface area contributed by atoms with Gasteiger partial charge in [-0.15, -0.1) is 0 Å². The Balaban J connectivity index is 2.40. The number of hydrogen-bond donors (Lipinski definition) is 2. The van der Waals surface area contributed by atoms with E-state index in [1.54, 1.807) is 12.1 Å². The number of benzene rings is 1. The van der Waals surface area contributed by atoms with E-state index in [1.807, 2.05) is 18.2 Å². The lowest BCUT2D eigenvalue weighted by atomic mass is 10.2. The van der Waals surface area contributed by atoms with Gasteiger partial charge in [-0.25, -0.2) is 4.98 Å². The average Bonchev–Trinajstić information content (AvgIpc) is 2.36. The number of halogens is 2. The number of rotatable bonds is 2. The van der Waals surface area contributed by atoms with Gasteiger partial charge in [-0.2, -0.15) is 5.26 Å². The van der Waals surface area contributed by atoms with Crippen molar-refractivity contribution in [1.29, 1.82) is 5.26 Å². The van der Waals surface area contributed by atoms with E-state index >= 15 is 0 Å². The van der Waals surface area contributed by atoms with Crippen molar-refractivity contribution in [3.05, 3.63) is 45.5 Å². The Kier molecular flexibility index (Phi) is 3.70. The molecule has 2 rings (SSSR count). The molecule has 4 nitrogen and oxygen atoms in total. The Morgan fingerprint density at radius 2 is 2.17 bits per heavy atom. The lowest BCUT2D eigenvalue weighted by molar-refractivity contribution is 1.29. The molecular formula is C12H8BrClN4. The summed E-state index contributed by atoms with van der Waals surface area (Å²) in [6.45, 7) is 0.